The van der Waals surface area contributed by atoms with Crippen LogP contribution in [0.3, 0.4) is 0 Å². The maximum absolute atomic E-state index is 6.29. The summed E-state index contributed by atoms with van der Waals surface area (Å²) in [5.41, 5.74) is 27.7. The first-order valence-corrected chi connectivity index (χ1v) is 35.8. The summed E-state index contributed by atoms with van der Waals surface area (Å²) in [4.78, 5) is 20.7. The van der Waals surface area contributed by atoms with E-state index in [4.69, 9.17) is 24.4 Å². The first kappa shape index (κ1) is 62.7. The van der Waals surface area contributed by atoms with Gasteiger partial charge in [0.1, 0.15) is 11.2 Å². The molecule has 0 aliphatic carbocycles. The van der Waals surface area contributed by atoms with Gasteiger partial charge in [-0.25, -0.2) is 19.9 Å². The van der Waals surface area contributed by atoms with Crippen LogP contribution in [-0.4, -0.2) is 19.9 Å². The number of fused-ring (bicyclic) bond motifs is 6. The van der Waals surface area contributed by atoms with E-state index in [9.17, 15) is 0 Å². The SMILES string of the molecule is c1ccc(-c2cc(-c3ccccc3)cc(-c3ccc(-c4cc(-c5ccc6c(c5)oc5ccccc56)nc(-c5cccc(-c6ccccc6)c5)n4)cc3)c2)cc1.c1ccc(-c2cc(-c3ccccc3)cc(-c3ccc(-c4nc(-c5ccccc5)cc(-c5ccc6c(c5)sc5ccccc56)n4)cc3)c2)cc1. The quantitative estimate of drug-likeness (QED) is 0.115. The van der Waals surface area contributed by atoms with Crippen molar-refractivity contribution in [1.82, 2.24) is 19.9 Å². The minimum atomic E-state index is 0.669. The number of nitrogens with zero attached hydrogens (tertiary/aromatic N) is 4. The van der Waals surface area contributed by atoms with Gasteiger partial charge in [0.15, 0.2) is 11.6 Å². The number of aromatic nitrogens is 4. The lowest BCUT2D eigenvalue weighted by molar-refractivity contribution is 0.669. The van der Waals surface area contributed by atoms with Gasteiger partial charge in [-0.05, 0) is 163 Å². The Morgan fingerprint density at radius 1 is 0.163 bits per heavy atom. The Kier molecular flexibility index (Phi) is 16.8. The predicted octanol–water partition coefficient (Wildman–Crippen LogP) is 26.9. The topological polar surface area (TPSA) is 64.7 Å². The molecule has 0 atom stereocenters. The van der Waals surface area contributed by atoms with Crippen molar-refractivity contribution < 1.29 is 4.42 Å². The molecule has 0 spiro atoms. The molecule has 0 radical (unpaired) electrons. The van der Waals surface area contributed by atoms with Crippen molar-refractivity contribution in [1.29, 1.82) is 0 Å². The monoisotopic (exact) mass is 1340 g/mol. The highest BCUT2D eigenvalue weighted by Gasteiger charge is 2.18. The maximum atomic E-state index is 6.29. The van der Waals surface area contributed by atoms with Crippen LogP contribution in [0.25, 0.3) is 188 Å². The summed E-state index contributed by atoms with van der Waals surface area (Å²) in [6.07, 6.45) is 0. The van der Waals surface area contributed by atoms with Crippen LogP contribution in [0, 0.1) is 0 Å². The van der Waals surface area contributed by atoms with Gasteiger partial charge in [-0.15, -0.1) is 11.3 Å². The Morgan fingerprint density at radius 3 is 0.952 bits per heavy atom. The largest absolute Gasteiger partial charge is 0.456 e. The second-order valence-electron chi connectivity index (χ2n) is 26.1. The third-order valence-corrected chi connectivity index (χ3v) is 20.5. The molecular weight excluding hydrogens is 1280 g/mol. The zero-order valence-electron chi connectivity index (χ0n) is 56.6. The van der Waals surface area contributed by atoms with Crippen molar-refractivity contribution in [3.63, 3.8) is 0 Å². The molecule has 5 nitrogen and oxygen atoms in total. The van der Waals surface area contributed by atoms with E-state index in [2.05, 4.69) is 358 Å². The van der Waals surface area contributed by atoms with Crippen molar-refractivity contribution in [2.45, 2.75) is 0 Å². The highest BCUT2D eigenvalue weighted by atomic mass is 32.1. The third kappa shape index (κ3) is 13.0. The number of hydrogen-bond donors (Lipinski definition) is 0. The lowest BCUT2D eigenvalue weighted by atomic mass is 9.93. The van der Waals surface area contributed by atoms with Gasteiger partial charge >= 0.3 is 0 Å². The van der Waals surface area contributed by atoms with E-state index in [1.807, 2.05) is 41.7 Å². The highest BCUT2D eigenvalue weighted by molar-refractivity contribution is 7.25. The van der Waals surface area contributed by atoms with E-state index in [1.165, 1.54) is 70.2 Å². The van der Waals surface area contributed by atoms with Crippen LogP contribution in [0.2, 0.25) is 0 Å². The zero-order chi connectivity index (χ0) is 69.1. The van der Waals surface area contributed by atoms with Crippen LogP contribution in [0.15, 0.2) is 393 Å². The Hall–Kier alpha value is -13.5. The van der Waals surface area contributed by atoms with E-state index in [1.54, 1.807) is 0 Å². The second-order valence-corrected chi connectivity index (χ2v) is 27.2. The van der Waals surface area contributed by atoms with E-state index in [0.717, 1.165) is 106 Å². The molecule has 0 aliphatic heterocycles. The van der Waals surface area contributed by atoms with E-state index in [0.29, 0.717) is 11.6 Å². The van der Waals surface area contributed by atoms with Gasteiger partial charge in [-0.3, -0.25) is 0 Å². The summed E-state index contributed by atoms with van der Waals surface area (Å²) in [5.74, 6) is 1.38. The normalized spacial score (nSPS) is 11.3. The molecule has 488 valence electrons. The number of rotatable bonds is 13. The first-order valence-electron chi connectivity index (χ1n) is 35.0. The fourth-order valence-corrected chi connectivity index (χ4v) is 15.2. The average Bonchev–Trinajstić information content (AvgIpc) is 1.49. The average molecular weight is 1350 g/mol. The van der Waals surface area contributed by atoms with Gasteiger partial charge in [0.25, 0.3) is 0 Å². The molecule has 0 amide bonds. The van der Waals surface area contributed by atoms with Crippen LogP contribution in [0.5, 0.6) is 0 Å². The molecule has 19 aromatic rings. The molecule has 0 fully saturated rings. The molecule has 4 heterocycles. The van der Waals surface area contributed by atoms with Crippen LogP contribution in [-0.2, 0) is 0 Å². The standard InChI is InChI=1S/C52H34N2O.C46H30N2S/c1-4-13-35(14-5-1)40-19-12-20-42(29-40)52-53-48(34-49(54-52)41-27-28-47-46-21-10-11-22-50(46)55-51(47)33-41)39-25-23-38(24-26-39)45-31-43(36-15-6-2-7-16-36)30-44(32-45)37-17-8-3-9-18-37;1-4-12-31(13-5-1)37-26-38(32-14-6-2-7-15-32)28-39(27-37)33-20-22-35(23-21-33)46-47-42(34-16-8-3-9-17-34)30-43(48-46)36-24-25-41-40-18-10-11-19-44(40)49-45(41)29-36/h1-34H;1-30H. The van der Waals surface area contributed by atoms with Crippen molar-refractivity contribution in [3.8, 4) is 146 Å². The predicted molar refractivity (Wildman–Crippen MR) is 435 cm³/mol. The van der Waals surface area contributed by atoms with Crippen molar-refractivity contribution in [2.75, 3.05) is 0 Å². The summed E-state index contributed by atoms with van der Waals surface area (Å²) in [5, 5.41) is 4.78. The number of furan rings is 1. The zero-order valence-corrected chi connectivity index (χ0v) is 57.4. The number of benzene rings is 15. The summed E-state index contributed by atoms with van der Waals surface area (Å²) < 4.78 is 8.85. The first-order chi connectivity index (χ1) is 51.5. The van der Waals surface area contributed by atoms with Crippen LogP contribution in [0.4, 0.5) is 0 Å². The molecular formula is C98H64N4OS. The molecule has 0 bridgehead atoms. The van der Waals surface area contributed by atoms with E-state index < -0.39 is 0 Å². The lowest BCUT2D eigenvalue weighted by Crippen LogP contribution is -1.96. The molecule has 0 aliphatic rings. The molecule has 0 saturated heterocycles. The molecule has 19 rings (SSSR count). The summed E-state index contributed by atoms with van der Waals surface area (Å²) in [7, 11) is 0. The van der Waals surface area contributed by atoms with Crippen LogP contribution in [0.1, 0.15) is 0 Å². The number of para-hydroxylation sites is 1. The van der Waals surface area contributed by atoms with Gasteiger partial charge in [0.05, 0.1) is 22.8 Å². The Balaban J connectivity index is 0.000000149. The van der Waals surface area contributed by atoms with Gasteiger partial charge in [0, 0.05) is 64.3 Å². The minimum Gasteiger partial charge on any atom is -0.456 e. The molecule has 15 aromatic carbocycles. The Morgan fingerprint density at radius 2 is 0.462 bits per heavy atom. The van der Waals surface area contributed by atoms with Crippen LogP contribution < -0.4 is 0 Å². The Bertz CT molecular complexity index is 6180. The number of thiophene rings is 1. The molecule has 6 heteroatoms. The molecule has 104 heavy (non-hydrogen) atoms. The van der Waals surface area contributed by atoms with Crippen molar-refractivity contribution in [2.24, 2.45) is 0 Å². The summed E-state index contributed by atoms with van der Waals surface area (Å²) in [6, 6.07) is 137. The molecule has 0 N–H and O–H groups in total. The number of hydrogen-bond acceptors (Lipinski definition) is 6. The summed E-state index contributed by atoms with van der Waals surface area (Å²) in [6.45, 7) is 0. The smallest absolute Gasteiger partial charge is 0.160 e. The van der Waals surface area contributed by atoms with Gasteiger partial charge in [-0.1, -0.05) is 303 Å². The fraction of sp³-hybridized carbons (Fsp3) is 0. The van der Waals surface area contributed by atoms with Crippen LogP contribution >= 0.6 is 11.3 Å². The molecule has 0 saturated carbocycles. The van der Waals surface area contributed by atoms with Gasteiger partial charge < -0.3 is 4.42 Å². The molecule has 0 unspecified atom stereocenters. The Labute approximate surface area is 607 Å². The highest BCUT2D eigenvalue weighted by Crippen LogP contribution is 2.41. The minimum absolute atomic E-state index is 0.669. The third-order valence-electron chi connectivity index (χ3n) is 19.4. The lowest BCUT2D eigenvalue weighted by Gasteiger charge is -2.13. The van der Waals surface area contributed by atoms with E-state index in [-0.39, 0.29) is 0 Å². The second kappa shape index (κ2) is 27.9. The van der Waals surface area contributed by atoms with Crippen molar-refractivity contribution >= 4 is 53.4 Å². The van der Waals surface area contributed by atoms with E-state index >= 15 is 0 Å². The van der Waals surface area contributed by atoms with Crippen molar-refractivity contribution in [3.05, 3.63) is 388 Å². The molecule has 4 aromatic heterocycles. The summed E-state index contributed by atoms with van der Waals surface area (Å²) >= 11 is 1.83. The van der Waals surface area contributed by atoms with Gasteiger partial charge in [-0.2, -0.15) is 0 Å². The van der Waals surface area contributed by atoms with Gasteiger partial charge in [0.2, 0.25) is 0 Å². The maximum Gasteiger partial charge on any atom is 0.160 e. The fourth-order valence-electron chi connectivity index (χ4n) is 14.0.